The van der Waals surface area contributed by atoms with E-state index in [1.165, 1.54) is 5.54 Å². The first-order chi connectivity index (χ1) is 9.69. The molecular formula is C15H21ClN2O2. The van der Waals surface area contributed by atoms with E-state index in [1.54, 1.807) is 11.0 Å². The van der Waals surface area contributed by atoms with E-state index in [1.807, 2.05) is 0 Å². The molecule has 0 radical (unpaired) electrons. The third-order valence-corrected chi connectivity index (χ3v) is 5.09. The van der Waals surface area contributed by atoms with Gasteiger partial charge < -0.3 is 10.2 Å². The molecule has 2 saturated carbocycles. The van der Waals surface area contributed by atoms with Crippen molar-refractivity contribution in [2.75, 3.05) is 6.54 Å². The Morgan fingerprint density at radius 1 is 1.25 bits per heavy atom. The highest BCUT2D eigenvalue weighted by atomic mass is 35.5. The summed E-state index contributed by atoms with van der Waals surface area (Å²) in [6, 6.07) is -0.307. The van der Waals surface area contributed by atoms with Crippen molar-refractivity contribution in [3.63, 3.8) is 0 Å². The highest BCUT2D eigenvalue weighted by Crippen LogP contribution is 2.41. The van der Waals surface area contributed by atoms with E-state index < -0.39 is 5.54 Å². The van der Waals surface area contributed by atoms with Gasteiger partial charge in [-0.3, -0.25) is 9.59 Å². The van der Waals surface area contributed by atoms with Crippen molar-refractivity contribution in [3.8, 4) is 0 Å². The molecule has 110 valence electrons. The van der Waals surface area contributed by atoms with Gasteiger partial charge in [0.15, 0.2) is 0 Å². The number of carbonyl (C=O) groups is 2. The second kappa shape index (κ2) is 5.40. The van der Waals surface area contributed by atoms with Gasteiger partial charge in [-0.2, -0.15) is 0 Å². The summed E-state index contributed by atoms with van der Waals surface area (Å²) in [7, 11) is 0. The first kappa shape index (κ1) is 13.9. The minimum Gasteiger partial charge on any atom is -0.342 e. The van der Waals surface area contributed by atoms with E-state index in [0.29, 0.717) is 12.5 Å². The SMILES string of the molecule is O=C1C(C2CC2)NC(=O)C2(CCCCC2)N1C/C=C/Cl. The highest BCUT2D eigenvalue weighted by Gasteiger charge is 2.54. The Hall–Kier alpha value is -1.03. The number of hydrogen-bond acceptors (Lipinski definition) is 2. The predicted octanol–water partition coefficient (Wildman–Crippen LogP) is 2.18. The first-order valence-electron chi connectivity index (χ1n) is 7.57. The van der Waals surface area contributed by atoms with E-state index >= 15 is 0 Å². The first-order valence-corrected chi connectivity index (χ1v) is 8.00. The predicted molar refractivity (Wildman–Crippen MR) is 77.2 cm³/mol. The molecule has 3 fully saturated rings. The molecule has 0 aromatic heterocycles. The molecule has 2 aliphatic carbocycles. The van der Waals surface area contributed by atoms with Crippen LogP contribution in [0.15, 0.2) is 11.6 Å². The van der Waals surface area contributed by atoms with Crippen LogP contribution in [0.3, 0.4) is 0 Å². The molecule has 20 heavy (non-hydrogen) atoms. The van der Waals surface area contributed by atoms with Crippen molar-refractivity contribution < 1.29 is 9.59 Å². The fraction of sp³-hybridized carbons (Fsp3) is 0.733. The van der Waals surface area contributed by atoms with Crippen LogP contribution in [0.1, 0.15) is 44.9 Å². The maximum absolute atomic E-state index is 12.8. The smallest absolute Gasteiger partial charge is 0.246 e. The molecule has 0 aromatic rings. The summed E-state index contributed by atoms with van der Waals surface area (Å²) in [5, 5.41) is 3.01. The third kappa shape index (κ3) is 2.24. The highest BCUT2D eigenvalue weighted by molar-refractivity contribution is 6.25. The van der Waals surface area contributed by atoms with Crippen molar-refractivity contribution in [3.05, 3.63) is 11.6 Å². The topological polar surface area (TPSA) is 49.4 Å². The largest absolute Gasteiger partial charge is 0.342 e. The van der Waals surface area contributed by atoms with Crippen LogP contribution < -0.4 is 5.32 Å². The van der Waals surface area contributed by atoms with Crippen molar-refractivity contribution >= 4 is 23.4 Å². The summed E-state index contributed by atoms with van der Waals surface area (Å²) in [6.45, 7) is 0.443. The number of piperazine rings is 1. The molecule has 0 bridgehead atoms. The van der Waals surface area contributed by atoms with Crippen LogP contribution in [-0.4, -0.2) is 34.8 Å². The summed E-state index contributed by atoms with van der Waals surface area (Å²) in [5.41, 5.74) is 0.805. The van der Waals surface area contributed by atoms with Crippen molar-refractivity contribution in [1.29, 1.82) is 0 Å². The summed E-state index contributed by atoms with van der Waals surface area (Å²) < 4.78 is 0. The molecule has 5 heteroatoms. The molecule has 0 aromatic carbocycles. The van der Waals surface area contributed by atoms with Gasteiger partial charge >= 0.3 is 0 Å². The van der Waals surface area contributed by atoms with Crippen LogP contribution in [0.4, 0.5) is 0 Å². The quantitative estimate of drug-likeness (QED) is 0.868. The van der Waals surface area contributed by atoms with E-state index in [2.05, 4.69) is 5.32 Å². The molecule has 1 heterocycles. The number of nitrogens with zero attached hydrogens (tertiary/aromatic N) is 1. The van der Waals surface area contributed by atoms with Crippen LogP contribution in [-0.2, 0) is 9.59 Å². The number of nitrogens with one attached hydrogen (secondary N) is 1. The van der Waals surface area contributed by atoms with Gasteiger partial charge in [-0.1, -0.05) is 36.9 Å². The zero-order valence-electron chi connectivity index (χ0n) is 11.6. The fourth-order valence-electron chi connectivity index (χ4n) is 3.63. The van der Waals surface area contributed by atoms with Crippen molar-refractivity contribution in [2.24, 2.45) is 5.92 Å². The number of rotatable bonds is 3. The second-order valence-corrected chi connectivity index (χ2v) is 6.44. The van der Waals surface area contributed by atoms with Crippen molar-refractivity contribution in [1.82, 2.24) is 10.2 Å². The fourth-order valence-corrected chi connectivity index (χ4v) is 3.71. The van der Waals surface area contributed by atoms with Crippen LogP contribution in [0, 0.1) is 5.92 Å². The van der Waals surface area contributed by atoms with Gasteiger partial charge in [-0.15, -0.1) is 0 Å². The van der Waals surface area contributed by atoms with Crippen LogP contribution in [0.2, 0.25) is 0 Å². The Morgan fingerprint density at radius 3 is 2.55 bits per heavy atom. The van der Waals surface area contributed by atoms with E-state index in [9.17, 15) is 9.59 Å². The standard InChI is InChI=1S/C15H21ClN2O2/c16-9-4-10-18-13(19)12(11-5-6-11)17-14(20)15(18)7-2-1-3-8-15/h4,9,11-12H,1-3,5-8,10H2,(H,17,20)/b9-4+. The average molecular weight is 297 g/mol. The van der Waals surface area contributed by atoms with Gasteiger partial charge in [0, 0.05) is 12.1 Å². The molecule has 1 saturated heterocycles. The lowest BCUT2D eigenvalue weighted by atomic mass is 9.77. The maximum Gasteiger partial charge on any atom is 0.246 e. The van der Waals surface area contributed by atoms with E-state index in [-0.39, 0.29) is 17.9 Å². The number of carbonyl (C=O) groups excluding carboxylic acids is 2. The Balaban J connectivity index is 1.89. The molecule has 2 amide bonds. The van der Waals surface area contributed by atoms with E-state index in [4.69, 9.17) is 11.6 Å². The third-order valence-electron chi connectivity index (χ3n) is 4.91. The van der Waals surface area contributed by atoms with Gasteiger partial charge in [0.1, 0.15) is 11.6 Å². The van der Waals surface area contributed by atoms with Crippen LogP contribution in [0.25, 0.3) is 0 Å². The minimum atomic E-state index is -0.628. The summed E-state index contributed by atoms with van der Waals surface area (Å²) in [5.74, 6) is 0.482. The van der Waals surface area contributed by atoms with Crippen molar-refractivity contribution in [2.45, 2.75) is 56.5 Å². The molecular weight excluding hydrogens is 276 g/mol. The second-order valence-electron chi connectivity index (χ2n) is 6.19. The monoisotopic (exact) mass is 296 g/mol. The summed E-state index contributed by atoms with van der Waals surface area (Å²) in [6.07, 6.45) is 8.57. The average Bonchev–Trinajstić information content (AvgIpc) is 3.29. The normalized spacial score (nSPS) is 30.1. The molecule has 1 aliphatic heterocycles. The molecule has 3 rings (SSSR count). The summed E-state index contributed by atoms with van der Waals surface area (Å²) >= 11 is 5.62. The Kier molecular flexibility index (Phi) is 3.76. The number of halogens is 1. The lowest BCUT2D eigenvalue weighted by Crippen LogP contribution is -2.71. The summed E-state index contributed by atoms with van der Waals surface area (Å²) in [4.78, 5) is 27.2. The van der Waals surface area contributed by atoms with E-state index in [0.717, 1.165) is 44.9 Å². The molecule has 1 unspecified atom stereocenters. The number of hydrogen-bond donors (Lipinski definition) is 1. The van der Waals surface area contributed by atoms with Gasteiger partial charge in [-0.05, 0) is 31.6 Å². The van der Waals surface area contributed by atoms with Gasteiger partial charge in [0.25, 0.3) is 0 Å². The zero-order chi connectivity index (χ0) is 14.2. The lowest BCUT2D eigenvalue weighted by molar-refractivity contribution is -0.159. The minimum absolute atomic E-state index is 0.0525. The molecule has 3 aliphatic rings. The van der Waals surface area contributed by atoms with Gasteiger partial charge in [0.2, 0.25) is 11.8 Å². The van der Waals surface area contributed by atoms with Crippen LogP contribution >= 0.6 is 11.6 Å². The molecule has 1 N–H and O–H groups in total. The molecule has 1 atom stereocenters. The van der Waals surface area contributed by atoms with Crippen LogP contribution in [0.5, 0.6) is 0 Å². The molecule has 4 nitrogen and oxygen atoms in total. The van der Waals surface area contributed by atoms with Gasteiger partial charge in [-0.25, -0.2) is 0 Å². The number of amides is 2. The van der Waals surface area contributed by atoms with Gasteiger partial charge in [0.05, 0.1) is 0 Å². The Morgan fingerprint density at radius 2 is 1.95 bits per heavy atom. The zero-order valence-corrected chi connectivity index (χ0v) is 12.4. The Labute approximate surface area is 124 Å². The Bertz CT molecular complexity index is 439. The lowest BCUT2D eigenvalue weighted by Gasteiger charge is -2.49. The maximum atomic E-state index is 12.8. The molecule has 1 spiro atoms.